The largest absolute Gasteiger partial charge is 0.497 e. The number of anilines is 1. The standard InChI is InChI=1S/C16H19N3O2/c1-11-9-12(16(17)19-20)3-4-13(11)10-18-14-5-7-15(21-2)8-6-14/h3-9,18,20H,10H2,1-2H3,(H2,17,19). The van der Waals surface area contributed by atoms with Crippen molar-refractivity contribution in [1.29, 1.82) is 0 Å². The van der Waals surface area contributed by atoms with Crippen LogP contribution < -0.4 is 15.8 Å². The molecule has 0 spiro atoms. The van der Waals surface area contributed by atoms with Crippen LogP contribution in [0.5, 0.6) is 5.75 Å². The number of nitrogens with one attached hydrogen (secondary N) is 1. The van der Waals surface area contributed by atoms with Crippen molar-refractivity contribution in [1.82, 2.24) is 0 Å². The molecule has 0 unspecified atom stereocenters. The van der Waals surface area contributed by atoms with E-state index in [9.17, 15) is 0 Å². The van der Waals surface area contributed by atoms with Crippen LogP contribution in [0.15, 0.2) is 47.6 Å². The van der Waals surface area contributed by atoms with Gasteiger partial charge in [0.25, 0.3) is 0 Å². The second-order valence-corrected chi connectivity index (χ2v) is 4.71. The van der Waals surface area contributed by atoms with E-state index in [1.165, 1.54) is 0 Å². The van der Waals surface area contributed by atoms with E-state index < -0.39 is 0 Å². The van der Waals surface area contributed by atoms with Gasteiger partial charge in [-0.15, -0.1) is 0 Å². The van der Waals surface area contributed by atoms with Crippen molar-refractivity contribution in [3.05, 3.63) is 59.2 Å². The Balaban J connectivity index is 2.05. The Morgan fingerprint density at radius 2 is 1.95 bits per heavy atom. The summed E-state index contributed by atoms with van der Waals surface area (Å²) in [7, 11) is 1.65. The third kappa shape index (κ3) is 3.66. The minimum absolute atomic E-state index is 0.118. The number of nitrogens with two attached hydrogens (primary N) is 1. The highest BCUT2D eigenvalue weighted by molar-refractivity contribution is 5.97. The van der Waals surface area contributed by atoms with Crippen LogP contribution >= 0.6 is 0 Å². The van der Waals surface area contributed by atoms with Gasteiger partial charge in [-0.1, -0.05) is 17.3 Å². The first kappa shape index (κ1) is 14.7. The van der Waals surface area contributed by atoms with Crippen molar-refractivity contribution in [2.75, 3.05) is 12.4 Å². The monoisotopic (exact) mass is 285 g/mol. The van der Waals surface area contributed by atoms with Gasteiger partial charge < -0.3 is 21.0 Å². The summed E-state index contributed by atoms with van der Waals surface area (Å²) in [6.45, 7) is 2.70. The van der Waals surface area contributed by atoms with E-state index in [1.54, 1.807) is 7.11 Å². The highest BCUT2D eigenvalue weighted by atomic mass is 16.5. The number of aryl methyl sites for hydroxylation is 1. The summed E-state index contributed by atoms with van der Waals surface area (Å²) >= 11 is 0. The van der Waals surface area contributed by atoms with Gasteiger partial charge in [-0.2, -0.15) is 0 Å². The number of hydrogen-bond donors (Lipinski definition) is 3. The lowest BCUT2D eigenvalue weighted by atomic mass is 10.0. The van der Waals surface area contributed by atoms with E-state index in [4.69, 9.17) is 15.7 Å². The molecule has 0 heterocycles. The quantitative estimate of drug-likeness (QED) is 0.341. The molecule has 0 amide bonds. The predicted molar refractivity (Wildman–Crippen MR) is 84.0 cm³/mol. The number of oxime groups is 1. The molecule has 0 aliphatic rings. The molecule has 2 aromatic carbocycles. The second-order valence-electron chi connectivity index (χ2n) is 4.71. The van der Waals surface area contributed by atoms with Gasteiger partial charge >= 0.3 is 0 Å². The van der Waals surface area contributed by atoms with Crippen LogP contribution in [-0.4, -0.2) is 18.2 Å². The third-order valence-corrected chi connectivity index (χ3v) is 3.32. The van der Waals surface area contributed by atoms with Crippen LogP contribution in [0.1, 0.15) is 16.7 Å². The fourth-order valence-corrected chi connectivity index (χ4v) is 2.02. The maximum Gasteiger partial charge on any atom is 0.170 e. The zero-order valence-electron chi connectivity index (χ0n) is 12.1. The number of methoxy groups -OCH3 is 1. The van der Waals surface area contributed by atoms with Crippen LogP contribution in [0.2, 0.25) is 0 Å². The minimum Gasteiger partial charge on any atom is -0.497 e. The van der Waals surface area contributed by atoms with Crippen molar-refractivity contribution in [3.8, 4) is 5.75 Å². The molecular weight excluding hydrogens is 266 g/mol. The first-order valence-electron chi connectivity index (χ1n) is 6.59. The van der Waals surface area contributed by atoms with Crippen molar-refractivity contribution in [3.63, 3.8) is 0 Å². The van der Waals surface area contributed by atoms with E-state index in [0.717, 1.165) is 22.6 Å². The highest BCUT2D eigenvalue weighted by Gasteiger charge is 2.04. The zero-order chi connectivity index (χ0) is 15.2. The molecule has 0 bridgehead atoms. The molecule has 0 radical (unpaired) electrons. The fourth-order valence-electron chi connectivity index (χ4n) is 2.02. The summed E-state index contributed by atoms with van der Waals surface area (Å²) in [6, 6.07) is 13.5. The van der Waals surface area contributed by atoms with Gasteiger partial charge in [0.15, 0.2) is 5.84 Å². The Morgan fingerprint density at radius 3 is 2.52 bits per heavy atom. The summed E-state index contributed by atoms with van der Waals surface area (Å²) in [6.07, 6.45) is 0. The van der Waals surface area contributed by atoms with Crippen molar-refractivity contribution in [2.24, 2.45) is 10.9 Å². The smallest absolute Gasteiger partial charge is 0.170 e. The first-order chi connectivity index (χ1) is 10.1. The Kier molecular flexibility index (Phi) is 4.66. The lowest BCUT2D eigenvalue weighted by molar-refractivity contribution is 0.318. The molecule has 0 aromatic heterocycles. The predicted octanol–water partition coefficient (Wildman–Crippen LogP) is 2.71. The molecule has 4 N–H and O–H groups in total. The molecule has 110 valence electrons. The fraction of sp³-hybridized carbons (Fsp3) is 0.188. The molecular formula is C16H19N3O2. The summed E-state index contributed by atoms with van der Waals surface area (Å²) < 4.78 is 5.13. The summed E-state index contributed by atoms with van der Waals surface area (Å²) in [4.78, 5) is 0. The van der Waals surface area contributed by atoms with Gasteiger partial charge in [0, 0.05) is 17.8 Å². The molecule has 0 fully saturated rings. The highest BCUT2D eigenvalue weighted by Crippen LogP contribution is 2.17. The molecule has 0 saturated carbocycles. The topological polar surface area (TPSA) is 79.9 Å². The van der Waals surface area contributed by atoms with Crippen molar-refractivity contribution in [2.45, 2.75) is 13.5 Å². The van der Waals surface area contributed by atoms with Crippen LogP contribution in [-0.2, 0) is 6.54 Å². The maximum atomic E-state index is 8.68. The Hall–Kier alpha value is -2.69. The van der Waals surface area contributed by atoms with Crippen molar-refractivity contribution >= 4 is 11.5 Å². The molecule has 0 saturated heterocycles. The maximum absolute atomic E-state index is 8.68. The molecule has 2 aromatic rings. The molecule has 2 rings (SSSR count). The van der Waals surface area contributed by atoms with Crippen LogP contribution in [0.25, 0.3) is 0 Å². The zero-order valence-corrected chi connectivity index (χ0v) is 12.1. The number of ether oxygens (including phenoxy) is 1. The molecule has 5 heteroatoms. The van der Waals surface area contributed by atoms with Crippen LogP contribution in [0.4, 0.5) is 5.69 Å². The number of hydrogen-bond acceptors (Lipinski definition) is 4. The van der Waals surface area contributed by atoms with Gasteiger partial charge in [-0.3, -0.25) is 0 Å². The summed E-state index contributed by atoms with van der Waals surface area (Å²) in [5.41, 5.74) is 9.55. The van der Waals surface area contributed by atoms with E-state index >= 15 is 0 Å². The number of rotatable bonds is 5. The Labute approximate surface area is 124 Å². The van der Waals surface area contributed by atoms with E-state index in [1.807, 2.05) is 49.4 Å². The van der Waals surface area contributed by atoms with Gasteiger partial charge in [0.05, 0.1) is 7.11 Å². The van der Waals surface area contributed by atoms with Crippen LogP contribution in [0, 0.1) is 6.92 Å². The van der Waals surface area contributed by atoms with E-state index in [-0.39, 0.29) is 5.84 Å². The number of amidine groups is 1. The molecule has 0 aliphatic carbocycles. The minimum atomic E-state index is 0.118. The number of nitrogens with zero attached hydrogens (tertiary/aromatic N) is 1. The lowest BCUT2D eigenvalue weighted by Gasteiger charge is -2.11. The van der Waals surface area contributed by atoms with Gasteiger partial charge in [0.2, 0.25) is 0 Å². The second kappa shape index (κ2) is 6.65. The molecule has 0 atom stereocenters. The first-order valence-corrected chi connectivity index (χ1v) is 6.59. The Morgan fingerprint density at radius 1 is 1.24 bits per heavy atom. The molecule has 0 aliphatic heterocycles. The van der Waals surface area contributed by atoms with Gasteiger partial charge in [0.1, 0.15) is 5.75 Å². The normalized spacial score (nSPS) is 11.2. The van der Waals surface area contributed by atoms with Gasteiger partial charge in [-0.05, 0) is 48.4 Å². The van der Waals surface area contributed by atoms with E-state index in [2.05, 4.69) is 10.5 Å². The average molecular weight is 285 g/mol. The molecule has 21 heavy (non-hydrogen) atoms. The number of benzene rings is 2. The average Bonchev–Trinajstić information content (AvgIpc) is 2.53. The SMILES string of the molecule is COc1ccc(NCc2ccc(/C(N)=N/O)cc2C)cc1. The Bertz CT molecular complexity index is 636. The third-order valence-electron chi connectivity index (χ3n) is 3.32. The summed E-state index contributed by atoms with van der Waals surface area (Å²) in [5.74, 6) is 0.951. The lowest BCUT2D eigenvalue weighted by Crippen LogP contribution is -2.13. The van der Waals surface area contributed by atoms with Gasteiger partial charge in [-0.25, -0.2) is 0 Å². The van der Waals surface area contributed by atoms with Crippen LogP contribution in [0.3, 0.4) is 0 Å². The van der Waals surface area contributed by atoms with E-state index in [0.29, 0.717) is 12.1 Å². The van der Waals surface area contributed by atoms with Crippen molar-refractivity contribution < 1.29 is 9.94 Å². The summed E-state index contributed by atoms with van der Waals surface area (Å²) in [5, 5.41) is 15.0. The molecule has 5 nitrogen and oxygen atoms in total.